The summed E-state index contributed by atoms with van der Waals surface area (Å²) in [6, 6.07) is 14.6. The first-order valence-corrected chi connectivity index (χ1v) is 11.2. The van der Waals surface area contributed by atoms with Crippen molar-refractivity contribution in [1.82, 2.24) is 15.5 Å². The SMILES string of the molecule is CCC(NC(=O)CN1C(=O)NC(C)(c2ccc(C(C)C)cc2)C1=O)c1ccc(Br)cc1. The topological polar surface area (TPSA) is 78.5 Å². The molecule has 1 aliphatic heterocycles. The molecule has 0 radical (unpaired) electrons. The second-order valence-electron chi connectivity index (χ2n) is 8.30. The van der Waals surface area contributed by atoms with Crippen LogP contribution >= 0.6 is 15.9 Å². The van der Waals surface area contributed by atoms with Crippen molar-refractivity contribution in [2.24, 2.45) is 0 Å². The molecular weight excluding hydrogens is 458 g/mol. The Kier molecular flexibility index (Phi) is 6.84. The number of hydrogen-bond donors (Lipinski definition) is 2. The lowest BCUT2D eigenvalue weighted by Gasteiger charge is -2.23. The Labute approximate surface area is 191 Å². The second-order valence-corrected chi connectivity index (χ2v) is 9.22. The van der Waals surface area contributed by atoms with Gasteiger partial charge in [-0.05, 0) is 48.1 Å². The van der Waals surface area contributed by atoms with E-state index in [2.05, 4.69) is 40.4 Å². The van der Waals surface area contributed by atoms with Crippen LogP contribution < -0.4 is 10.6 Å². The number of halogens is 1. The molecule has 0 aliphatic carbocycles. The summed E-state index contributed by atoms with van der Waals surface area (Å²) in [6.07, 6.45) is 0.688. The Morgan fingerprint density at radius 2 is 1.65 bits per heavy atom. The summed E-state index contributed by atoms with van der Waals surface area (Å²) in [6.45, 7) is 7.51. The molecule has 1 fully saturated rings. The highest BCUT2D eigenvalue weighted by Crippen LogP contribution is 2.30. The highest BCUT2D eigenvalue weighted by Gasteiger charge is 2.49. The third-order valence-electron chi connectivity index (χ3n) is 5.75. The van der Waals surface area contributed by atoms with Gasteiger partial charge in [-0.15, -0.1) is 0 Å². The molecule has 2 unspecified atom stereocenters. The largest absolute Gasteiger partial charge is 0.348 e. The fraction of sp³-hybridized carbons (Fsp3) is 0.375. The molecule has 6 nitrogen and oxygen atoms in total. The average Bonchev–Trinajstić information content (AvgIpc) is 2.96. The molecule has 3 rings (SSSR count). The molecule has 7 heteroatoms. The Balaban J connectivity index is 1.71. The smallest absolute Gasteiger partial charge is 0.325 e. The van der Waals surface area contributed by atoms with E-state index in [1.807, 2.05) is 55.5 Å². The molecule has 2 N–H and O–H groups in total. The van der Waals surface area contributed by atoms with E-state index in [4.69, 9.17) is 0 Å². The second kappa shape index (κ2) is 9.22. The summed E-state index contributed by atoms with van der Waals surface area (Å²) in [5.74, 6) is -0.438. The van der Waals surface area contributed by atoms with Gasteiger partial charge in [-0.2, -0.15) is 0 Å². The van der Waals surface area contributed by atoms with Crippen molar-refractivity contribution in [3.63, 3.8) is 0 Å². The highest BCUT2D eigenvalue weighted by molar-refractivity contribution is 9.10. The van der Waals surface area contributed by atoms with Gasteiger partial charge in [0.1, 0.15) is 12.1 Å². The minimum absolute atomic E-state index is 0.198. The van der Waals surface area contributed by atoms with Crippen LogP contribution in [0.3, 0.4) is 0 Å². The Morgan fingerprint density at radius 3 is 2.19 bits per heavy atom. The first-order chi connectivity index (χ1) is 14.7. The summed E-state index contributed by atoms with van der Waals surface area (Å²) in [4.78, 5) is 39.3. The summed E-state index contributed by atoms with van der Waals surface area (Å²) >= 11 is 3.40. The molecule has 164 valence electrons. The van der Waals surface area contributed by atoms with E-state index in [-0.39, 0.29) is 18.5 Å². The molecule has 31 heavy (non-hydrogen) atoms. The highest BCUT2D eigenvalue weighted by atomic mass is 79.9. The molecule has 0 bridgehead atoms. The van der Waals surface area contributed by atoms with Gasteiger partial charge in [0.05, 0.1) is 6.04 Å². The van der Waals surface area contributed by atoms with Crippen LogP contribution in [-0.2, 0) is 15.1 Å². The van der Waals surface area contributed by atoms with Crippen molar-refractivity contribution in [3.8, 4) is 0 Å². The molecular formula is C24H28BrN3O3. The molecule has 1 saturated heterocycles. The van der Waals surface area contributed by atoms with Crippen molar-refractivity contribution in [2.45, 2.75) is 51.6 Å². The number of hydrogen-bond acceptors (Lipinski definition) is 3. The van der Waals surface area contributed by atoms with Crippen LogP contribution in [0.4, 0.5) is 4.79 Å². The van der Waals surface area contributed by atoms with E-state index in [0.29, 0.717) is 17.9 Å². The van der Waals surface area contributed by atoms with Crippen molar-refractivity contribution in [3.05, 3.63) is 69.7 Å². The van der Waals surface area contributed by atoms with Crippen LogP contribution in [-0.4, -0.2) is 29.3 Å². The number of rotatable bonds is 7. The van der Waals surface area contributed by atoms with E-state index in [1.165, 1.54) is 0 Å². The third kappa shape index (κ3) is 4.82. The van der Waals surface area contributed by atoms with Crippen molar-refractivity contribution in [2.75, 3.05) is 6.54 Å². The average molecular weight is 486 g/mol. The molecule has 0 spiro atoms. The summed E-state index contributed by atoms with van der Waals surface area (Å²) in [5, 5.41) is 5.69. The van der Waals surface area contributed by atoms with Gasteiger partial charge in [-0.1, -0.05) is 73.1 Å². The molecule has 2 aromatic rings. The molecule has 1 heterocycles. The van der Waals surface area contributed by atoms with Gasteiger partial charge in [0, 0.05) is 4.47 Å². The minimum Gasteiger partial charge on any atom is -0.348 e. The van der Waals surface area contributed by atoms with Crippen LogP contribution in [0.25, 0.3) is 0 Å². The Bertz CT molecular complexity index is 973. The van der Waals surface area contributed by atoms with Gasteiger partial charge >= 0.3 is 6.03 Å². The standard InChI is InChI=1S/C24H28BrN3O3/c1-5-20(17-8-12-19(25)13-9-17)26-21(29)14-28-22(30)24(4,27-23(28)31)18-10-6-16(7-11-18)15(2)3/h6-13,15,20H,5,14H2,1-4H3,(H,26,29)(H,27,31). The molecule has 1 aliphatic rings. The lowest BCUT2D eigenvalue weighted by molar-refractivity contribution is -0.135. The van der Waals surface area contributed by atoms with Crippen molar-refractivity contribution >= 4 is 33.8 Å². The van der Waals surface area contributed by atoms with E-state index in [1.54, 1.807) is 6.92 Å². The maximum absolute atomic E-state index is 13.1. The number of amides is 4. The van der Waals surface area contributed by atoms with Crippen molar-refractivity contribution in [1.29, 1.82) is 0 Å². The predicted molar refractivity (Wildman–Crippen MR) is 123 cm³/mol. The summed E-state index contributed by atoms with van der Waals surface area (Å²) in [5.41, 5.74) is 1.62. The number of benzene rings is 2. The maximum atomic E-state index is 13.1. The van der Waals surface area contributed by atoms with Gasteiger partial charge in [0.25, 0.3) is 5.91 Å². The van der Waals surface area contributed by atoms with Crippen LogP contribution in [0.1, 0.15) is 62.8 Å². The van der Waals surface area contributed by atoms with E-state index < -0.39 is 17.5 Å². The quantitative estimate of drug-likeness (QED) is 0.562. The number of nitrogens with zero attached hydrogens (tertiary/aromatic N) is 1. The number of urea groups is 1. The first-order valence-electron chi connectivity index (χ1n) is 10.4. The molecule has 2 atom stereocenters. The fourth-order valence-corrected chi connectivity index (χ4v) is 4.00. The number of imide groups is 1. The summed E-state index contributed by atoms with van der Waals surface area (Å²) < 4.78 is 0.956. The lowest BCUT2D eigenvalue weighted by Crippen LogP contribution is -2.43. The monoisotopic (exact) mass is 485 g/mol. The van der Waals surface area contributed by atoms with Crippen LogP contribution in [0, 0.1) is 0 Å². The zero-order chi connectivity index (χ0) is 22.8. The Hall–Kier alpha value is -2.67. The van der Waals surface area contributed by atoms with E-state index in [0.717, 1.165) is 20.5 Å². The molecule has 0 saturated carbocycles. The number of nitrogens with one attached hydrogen (secondary N) is 2. The maximum Gasteiger partial charge on any atom is 0.325 e. The Morgan fingerprint density at radius 1 is 1.06 bits per heavy atom. The van der Waals surface area contributed by atoms with Gasteiger partial charge in [-0.3, -0.25) is 14.5 Å². The van der Waals surface area contributed by atoms with Gasteiger partial charge in [0.2, 0.25) is 5.91 Å². The van der Waals surface area contributed by atoms with Crippen LogP contribution in [0.5, 0.6) is 0 Å². The van der Waals surface area contributed by atoms with E-state index in [9.17, 15) is 14.4 Å². The number of carbonyl (C=O) groups is 3. The minimum atomic E-state index is -1.19. The van der Waals surface area contributed by atoms with Crippen molar-refractivity contribution < 1.29 is 14.4 Å². The number of carbonyl (C=O) groups excluding carboxylic acids is 3. The fourth-order valence-electron chi connectivity index (χ4n) is 3.74. The molecule has 0 aromatic heterocycles. The van der Waals surface area contributed by atoms with Crippen LogP contribution in [0.2, 0.25) is 0 Å². The van der Waals surface area contributed by atoms with E-state index >= 15 is 0 Å². The zero-order valence-corrected chi connectivity index (χ0v) is 19.8. The normalized spacial score (nSPS) is 19.5. The van der Waals surface area contributed by atoms with Gasteiger partial charge in [0.15, 0.2) is 0 Å². The third-order valence-corrected chi connectivity index (χ3v) is 6.28. The van der Waals surface area contributed by atoms with Crippen LogP contribution in [0.15, 0.2) is 53.0 Å². The molecule has 4 amide bonds. The lowest BCUT2D eigenvalue weighted by atomic mass is 9.90. The summed E-state index contributed by atoms with van der Waals surface area (Å²) in [7, 11) is 0. The van der Waals surface area contributed by atoms with Gasteiger partial charge in [-0.25, -0.2) is 4.79 Å². The van der Waals surface area contributed by atoms with Gasteiger partial charge < -0.3 is 10.6 Å². The predicted octanol–water partition coefficient (Wildman–Crippen LogP) is 4.61. The zero-order valence-electron chi connectivity index (χ0n) is 18.2. The first kappa shape index (κ1) is 23.0. The molecule has 2 aromatic carbocycles.